The molecule has 0 bridgehead atoms. The van der Waals surface area contributed by atoms with Crippen molar-refractivity contribution in [2.45, 2.75) is 13.2 Å². The second-order valence-corrected chi connectivity index (χ2v) is 7.17. The fourth-order valence-electron chi connectivity index (χ4n) is 2.92. The van der Waals surface area contributed by atoms with Crippen molar-refractivity contribution in [3.8, 4) is 11.8 Å². The average molecular weight is 464 g/mol. The van der Waals surface area contributed by atoms with E-state index in [0.29, 0.717) is 13.2 Å². The molecule has 0 atom stereocenters. The average Bonchev–Trinajstić information content (AvgIpc) is 3.40. The van der Waals surface area contributed by atoms with Crippen molar-refractivity contribution in [3.63, 3.8) is 0 Å². The Morgan fingerprint density at radius 2 is 1.35 bits per heavy atom. The lowest BCUT2D eigenvalue weighted by molar-refractivity contribution is 0.0680. The van der Waals surface area contributed by atoms with Crippen molar-refractivity contribution in [1.82, 2.24) is 19.6 Å². The van der Waals surface area contributed by atoms with E-state index < -0.39 is 11.9 Å². The summed E-state index contributed by atoms with van der Waals surface area (Å²) in [4.78, 5) is 21.8. The molecule has 0 fully saturated rings. The Labute approximate surface area is 195 Å². The summed E-state index contributed by atoms with van der Waals surface area (Å²) in [5, 5.41) is 25.7. The Morgan fingerprint density at radius 3 is 1.88 bits per heavy atom. The molecular formula is C24H24N4O6. The zero-order valence-electron chi connectivity index (χ0n) is 18.7. The highest BCUT2D eigenvalue weighted by Crippen LogP contribution is 2.18. The van der Waals surface area contributed by atoms with Crippen LogP contribution < -0.4 is 9.47 Å². The number of aromatic nitrogens is 4. The summed E-state index contributed by atoms with van der Waals surface area (Å²) < 4.78 is 13.7. The van der Waals surface area contributed by atoms with Crippen LogP contribution in [0.1, 0.15) is 31.8 Å². The molecule has 0 unspecified atom stereocenters. The molecule has 0 saturated carbocycles. The van der Waals surface area contributed by atoms with Crippen molar-refractivity contribution in [1.29, 1.82) is 0 Å². The first-order valence-electron chi connectivity index (χ1n) is 10.2. The highest BCUT2D eigenvalue weighted by molar-refractivity contribution is 5.90. The van der Waals surface area contributed by atoms with Gasteiger partial charge in [-0.15, -0.1) is 5.10 Å². The molecular weight excluding hydrogens is 440 g/mol. The van der Waals surface area contributed by atoms with Crippen LogP contribution in [0.4, 0.5) is 0 Å². The number of hydrogen-bond acceptors (Lipinski definition) is 6. The van der Waals surface area contributed by atoms with Crippen LogP contribution in [0.3, 0.4) is 0 Å². The van der Waals surface area contributed by atoms with E-state index in [0.717, 1.165) is 11.1 Å². The highest BCUT2D eigenvalue weighted by Gasteiger charge is 2.17. The first-order chi connectivity index (χ1) is 16.3. The van der Waals surface area contributed by atoms with E-state index in [4.69, 9.17) is 19.7 Å². The zero-order chi connectivity index (χ0) is 24.5. The Balaban J connectivity index is 0.000000191. The van der Waals surface area contributed by atoms with Crippen LogP contribution >= 0.6 is 0 Å². The summed E-state index contributed by atoms with van der Waals surface area (Å²) in [7, 11) is 3.30. The van der Waals surface area contributed by atoms with Gasteiger partial charge in [0.25, 0.3) is 0 Å². The molecule has 0 aliphatic carbocycles. The number of carboxylic acids is 2. The van der Waals surface area contributed by atoms with Gasteiger partial charge in [-0.25, -0.2) is 14.3 Å². The van der Waals surface area contributed by atoms with E-state index in [-0.39, 0.29) is 22.9 Å². The number of aromatic carboxylic acids is 2. The molecule has 2 heterocycles. The fourth-order valence-corrected chi connectivity index (χ4v) is 2.92. The minimum atomic E-state index is -1.04. The maximum absolute atomic E-state index is 10.9. The van der Waals surface area contributed by atoms with Gasteiger partial charge in [0.15, 0.2) is 0 Å². The number of ether oxygens (including phenoxy) is 2. The molecule has 4 aromatic rings. The molecule has 0 radical (unpaired) electrons. The molecule has 2 aromatic carbocycles. The largest absolute Gasteiger partial charge is 0.477 e. The molecule has 176 valence electrons. The van der Waals surface area contributed by atoms with Gasteiger partial charge in [-0.3, -0.25) is 4.68 Å². The second kappa shape index (κ2) is 11.3. The monoisotopic (exact) mass is 464 g/mol. The molecule has 0 aliphatic rings. The summed E-state index contributed by atoms with van der Waals surface area (Å²) in [5.41, 5.74) is 2.09. The zero-order valence-corrected chi connectivity index (χ0v) is 18.7. The van der Waals surface area contributed by atoms with Gasteiger partial charge in [-0.1, -0.05) is 60.7 Å². The van der Waals surface area contributed by atoms with Gasteiger partial charge < -0.3 is 19.7 Å². The van der Waals surface area contributed by atoms with Crippen LogP contribution in [0, 0.1) is 0 Å². The predicted octanol–water partition coefficient (Wildman–Crippen LogP) is 3.39. The van der Waals surface area contributed by atoms with Crippen molar-refractivity contribution in [2.75, 3.05) is 0 Å². The van der Waals surface area contributed by atoms with Gasteiger partial charge in [0, 0.05) is 20.3 Å². The van der Waals surface area contributed by atoms with Crippen molar-refractivity contribution < 1.29 is 29.3 Å². The predicted molar refractivity (Wildman–Crippen MR) is 122 cm³/mol. The Kier molecular flexibility index (Phi) is 8.01. The van der Waals surface area contributed by atoms with Gasteiger partial charge >= 0.3 is 11.9 Å². The lowest BCUT2D eigenvalue weighted by atomic mass is 10.2. The minimum absolute atomic E-state index is 0.0726. The van der Waals surface area contributed by atoms with E-state index in [1.54, 1.807) is 14.1 Å². The summed E-state index contributed by atoms with van der Waals surface area (Å²) in [5.74, 6) is -1.67. The first kappa shape index (κ1) is 24.1. The van der Waals surface area contributed by atoms with Crippen LogP contribution in [0.5, 0.6) is 11.8 Å². The lowest BCUT2D eigenvalue weighted by Gasteiger charge is -2.07. The summed E-state index contributed by atoms with van der Waals surface area (Å²) in [6.45, 7) is 0.624. The molecule has 2 aromatic heterocycles. The molecule has 4 rings (SSSR count). The topological polar surface area (TPSA) is 129 Å². The van der Waals surface area contributed by atoms with E-state index in [1.165, 1.54) is 21.8 Å². The van der Waals surface area contributed by atoms with Crippen molar-refractivity contribution in [3.05, 3.63) is 95.3 Å². The van der Waals surface area contributed by atoms with Crippen LogP contribution in [0.25, 0.3) is 0 Å². The number of nitrogens with zero attached hydrogens (tertiary/aromatic N) is 4. The summed E-state index contributed by atoms with van der Waals surface area (Å²) in [6, 6.07) is 19.1. The Hall–Kier alpha value is -4.60. The van der Waals surface area contributed by atoms with Crippen LogP contribution in [-0.4, -0.2) is 41.7 Å². The van der Waals surface area contributed by atoms with Gasteiger partial charge in [-0.2, -0.15) is 5.10 Å². The number of carbonyl (C=O) groups is 2. The Morgan fingerprint density at radius 1 is 0.824 bits per heavy atom. The van der Waals surface area contributed by atoms with E-state index in [1.807, 2.05) is 60.7 Å². The number of benzene rings is 2. The van der Waals surface area contributed by atoms with Crippen LogP contribution in [0.2, 0.25) is 0 Å². The van der Waals surface area contributed by atoms with Crippen molar-refractivity contribution >= 4 is 11.9 Å². The lowest BCUT2D eigenvalue weighted by Crippen LogP contribution is -2.05. The standard InChI is InChI=1S/2C12H12N2O3/c1-14-7-10(12(15)16)11(13-14)17-8-9-5-3-2-4-6-9;1-14-11(10(7-13-14)12(15)16)17-8-9-5-3-2-4-6-9/h2*2-7H,8H2,1H3,(H,15,16). The maximum atomic E-state index is 10.9. The second-order valence-electron chi connectivity index (χ2n) is 7.17. The molecule has 10 heteroatoms. The summed E-state index contributed by atoms with van der Waals surface area (Å²) in [6.07, 6.45) is 2.70. The molecule has 0 amide bonds. The number of rotatable bonds is 8. The van der Waals surface area contributed by atoms with Gasteiger partial charge in [0.1, 0.15) is 24.3 Å². The third kappa shape index (κ3) is 6.45. The first-order valence-corrected chi connectivity index (χ1v) is 10.2. The Bertz CT molecular complexity index is 1220. The number of hydrogen-bond donors (Lipinski definition) is 2. The molecule has 0 aliphatic heterocycles. The number of carboxylic acid groups (broad SMARTS) is 2. The van der Waals surface area contributed by atoms with Gasteiger partial charge in [-0.05, 0) is 11.1 Å². The quantitative estimate of drug-likeness (QED) is 0.406. The van der Waals surface area contributed by atoms with Crippen LogP contribution in [0.15, 0.2) is 73.1 Å². The highest BCUT2D eigenvalue weighted by atomic mass is 16.5. The van der Waals surface area contributed by atoms with E-state index in [2.05, 4.69) is 10.2 Å². The molecule has 2 N–H and O–H groups in total. The normalized spacial score (nSPS) is 10.2. The molecule has 0 spiro atoms. The maximum Gasteiger partial charge on any atom is 0.342 e. The molecule has 34 heavy (non-hydrogen) atoms. The van der Waals surface area contributed by atoms with E-state index in [9.17, 15) is 9.59 Å². The smallest absolute Gasteiger partial charge is 0.342 e. The number of aryl methyl sites for hydroxylation is 2. The third-order valence-corrected chi connectivity index (χ3v) is 4.58. The molecule has 0 saturated heterocycles. The molecule has 10 nitrogen and oxygen atoms in total. The van der Waals surface area contributed by atoms with E-state index >= 15 is 0 Å². The van der Waals surface area contributed by atoms with Crippen molar-refractivity contribution in [2.24, 2.45) is 14.1 Å². The van der Waals surface area contributed by atoms with Gasteiger partial charge in [0.05, 0.1) is 6.20 Å². The summed E-state index contributed by atoms with van der Waals surface area (Å²) >= 11 is 0. The SMILES string of the molecule is Cn1cc(C(=O)O)c(OCc2ccccc2)n1.Cn1ncc(C(=O)O)c1OCc1ccccc1. The fraction of sp³-hybridized carbons (Fsp3) is 0.167. The third-order valence-electron chi connectivity index (χ3n) is 4.58. The minimum Gasteiger partial charge on any atom is -0.477 e. The van der Waals surface area contributed by atoms with Gasteiger partial charge in [0.2, 0.25) is 11.8 Å². The van der Waals surface area contributed by atoms with Crippen LogP contribution in [-0.2, 0) is 27.3 Å².